The quantitative estimate of drug-likeness (QED) is 0.736. The summed E-state index contributed by atoms with van der Waals surface area (Å²) in [4.78, 5) is 0. The van der Waals surface area contributed by atoms with E-state index >= 15 is 0 Å². The van der Waals surface area contributed by atoms with Crippen LogP contribution < -0.4 is 21.9 Å². The van der Waals surface area contributed by atoms with E-state index < -0.39 is 0 Å². The van der Waals surface area contributed by atoms with Crippen LogP contribution in [0.25, 0.3) is 0 Å². The molecule has 0 aliphatic heterocycles. The molecule has 1 aromatic carbocycles. The molecule has 0 spiro atoms. The van der Waals surface area contributed by atoms with Crippen LogP contribution in [-0.4, -0.2) is 7.11 Å². The average Bonchev–Trinajstić information content (AvgIpc) is 2.16. The molecule has 4 nitrogen and oxygen atoms in total. The summed E-state index contributed by atoms with van der Waals surface area (Å²) in [5, 5.41) is 0. The first-order valence-corrected chi connectivity index (χ1v) is 4.08. The van der Waals surface area contributed by atoms with Gasteiger partial charge in [0.2, 0.25) is 0 Å². The van der Waals surface area contributed by atoms with Gasteiger partial charge in [-0.2, -0.15) is 0 Å². The molecule has 0 fully saturated rings. The Morgan fingerprint density at radius 2 is 1.38 bits per heavy atom. The van der Waals surface area contributed by atoms with Crippen LogP contribution in [0.15, 0.2) is 12.1 Å². The molecule has 16 heavy (non-hydrogen) atoms. The van der Waals surface area contributed by atoms with Crippen molar-refractivity contribution in [2.45, 2.75) is 13.1 Å². The second-order valence-electron chi connectivity index (χ2n) is 2.78. The first kappa shape index (κ1) is 21.0. The molecule has 0 aliphatic carbocycles. The summed E-state index contributed by atoms with van der Waals surface area (Å²) in [6, 6.07) is 3.61. The summed E-state index contributed by atoms with van der Waals surface area (Å²) >= 11 is 0. The number of halogens is 3. The molecule has 0 amide bonds. The molecule has 0 bridgehead atoms. The van der Waals surface area contributed by atoms with E-state index in [-0.39, 0.29) is 37.2 Å². The molecule has 0 saturated heterocycles. The molecule has 96 valence electrons. The molecule has 0 radical (unpaired) electrons. The highest BCUT2D eigenvalue weighted by molar-refractivity contribution is 5.86. The van der Waals surface area contributed by atoms with Gasteiger partial charge in [0, 0.05) is 29.9 Å². The van der Waals surface area contributed by atoms with Crippen LogP contribution in [0.5, 0.6) is 5.75 Å². The lowest BCUT2D eigenvalue weighted by atomic mass is 10.1. The van der Waals surface area contributed by atoms with E-state index in [0.717, 1.165) is 16.9 Å². The summed E-state index contributed by atoms with van der Waals surface area (Å²) in [7, 11) is 1.60. The van der Waals surface area contributed by atoms with Crippen LogP contribution in [0.1, 0.15) is 11.1 Å². The maximum atomic E-state index is 5.67. The highest BCUT2D eigenvalue weighted by atomic mass is 35.5. The fraction of sp³-hybridized carbons (Fsp3) is 0.333. The van der Waals surface area contributed by atoms with Gasteiger partial charge in [-0.25, -0.2) is 0 Å². The Morgan fingerprint density at radius 3 is 1.62 bits per heavy atom. The third-order valence-electron chi connectivity index (χ3n) is 1.91. The maximum Gasteiger partial charge on any atom is 0.127 e. The first-order valence-electron chi connectivity index (χ1n) is 4.08. The summed E-state index contributed by atoms with van der Waals surface area (Å²) in [6.45, 7) is 0.808. The Morgan fingerprint density at radius 1 is 1.00 bits per heavy atom. The van der Waals surface area contributed by atoms with Crippen molar-refractivity contribution in [3.05, 3.63) is 23.3 Å². The van der Waals surface area contributed by atoms with E-state index in [4.69, 9.17) is 21.9 Å². The average molecular weight is 291 g/mol. The molecular formula is C9H18Cl3N3O. The Kier molecular flexibility index (Phi) is 12.8. The van der Waals surface area contributed by atoms with Crippen LogP contribution in [0.3, 0.4) is 0 Å². The minimum Gasteiger partial charge on any atom is -0.496 e. The third-order valence-corrected chi connectivity index (χ3v) is 1.91. The fourth-order valence-electron chi connectivity index (χ4n) is 1.35. The summed E-state index contributed by atoms with van der Waals surface area (Å²) < 4.78 is 5.20. The summed E-state index contributed by atoms with van der Waals surface area (Å²) in [5.74, 6) is 0.749. The van der Waals surface area contributed by atoms with E-state index in [1.165, 1.54) is 0 Å². The minimum atomic E-state index is 0. The molecule has 0 saturated carbocycles. The zero-order chi connectivity index (χ0) is 9.84. The second kappa shape index (κ2) is 9.81. The topological polar surface area (TPSA) is 87.3 Å². The monoisotopic (exact) mass is 289 g/mol. The predicted octanol–water partition coefficient (Wildman–Crippen LogP) is 1.46. The van der Waals surface area contributed by atoms with Gasteiger partial charge in [-0.3, -0.25) is 0 Å². The Balaban J connectivity index is -0.000000563. The van der Waals surface area contributed by atoms with Crippen LogP contribution in [0.4, 0.5) is 5.69 Å². The Labute approximate surface area is 114 Å². The number of nitrogen functional groups attached to an aromatic ring is 1. The van der Waals surface area contributed by atoms with Crippen LogP contribution in [-0.2, 0) is 13.1 Å². The van der Waals surface area contributed by atoms with Gasteiger partial charge in [0.15, 0.2) is 0 Å². The second-order valence-corrected chi connectivity index (χ2v) is 2.78. The van der Waals surface area contributed by atoms with E-state index in [0.29, 0.717) is 18.8 Å². The molecule has 6 N–H and O–H groups in total. The van der Waals surface area contributed by atoms with Gasteiger partial charge < -0.3 is 21.9 Å². The summed E-state index contributed by atoms with van der Waals surface area (Å²) in [5.41, 5.74) is 19.2. The van der Waals surface area contributed by atoms with Crippen LogP contribution >= 0.6 is 37.2 Å². The maximum absolute atomic E-state index is 5.67. The third kappa shape index (κ3) is 4.63. The highest BCUT2D eigenvalue weighted by Gasteiger charge is 2.07. The number of ether oxygens (including phenoxy) is 1. The van der Waals surface area contributed by atoms with E-state index in [1.807, 2.05) is 0 Å². The Hall–Kier alpha value is -0.390. The van der Waals surface area contributed by atoms with E-state index in [1.54, 1.807) is 19.2 Å². The molecule has 0 aromatic heterocycles. The van der Waals surface area contributed by atoms with Gasteiger partial charge in [0.25, 0.3) is 0 Å². The fourth-order valence-corrected chi connectivity index (χ4v) is 1.35. The van der Waals surface area contributed by atoms with Crippen molar-refractivity contribution in [1.82, 2.24) is 0 Å². The van der Waals surface area contributed by atoms with Gasteiger partial charge in [-0.05, 0) is 12.1 Å². The molecule has 0 unspecified atom stereocenters. The SMILES string of the molecule is COc1c(CN)cc(N)cc1CN.Cl.Cl.Cl. The molecule has 0 heterocycles. The first-order chi connectivity index (χ1) is 6.22. The smallest absolute Gasteiger partial charge is 0.127 e. The lowest BCUT2D eigenvalue weighted by Crippen LogP contribution is -2.07. The Bertz CT molecular complexity index is 285. The van der Waals surface area contributed by atoms with Crippen molar-refractivity contribution in [3.63, 3.8) is 0 Å². The molecular weight excluding hydrogens is 272 g/mol. The minimum absolute atomic E-state index is 0. The zero-order valence-corrected chi connectivity index (χ0v) is 11.4. The number of nitrogens with two attached hydrogens (primary N) is 3. The lowest BCUT2D eigenvalue weighted by molar-refractivity contribution is 0.405. The molecule has 7 heteroatoms. The molecule has 1 rings (SSSR count). The number of anilines is 1. The van der Waals surface area contributed by atoms with Crippen molar-refractivity contribution in [1.29, 1.82) is 0 Å². The van der Waals surface area contributed by atoms with Gasteiger partial charge in [-0.1, -0.05) is 0 Å². The van der Waals surface area contributed by atoms with E-state index in [2.05, 4.69) is 0 Å². The molecule has 0 atom stereocenters. The molecule has 1 aromatic rings. The van der Waals surface area contributed by atoms with Crippen molar-refractivity contribution >= 4 is 42.9 Å². The van der Waals surface area contributed by atoms with Crippen LogP contribution in [0, 0.1) is 0 Å². The molecule has 0 aliphatic rings. The number of hydrogen-bond donors (Lipinski definition) is 3. The number of rotatable bonds is 3. The normalized spacial score (nSPS) is 8.19. The predicted molar refractivity (Wildman–Crippen MR) is 74.9 cm³/mol. The number of hydrogen-bond acceptors (Lipinski definition) is 4. The summed E-state index contributed by atoms with van der Waals surface area (Å²) in [6.07, 6.45) is 0. The van der Waals surface area contributed by atoms with Crippen LogP contribution in [0.2, 0.25) is 0 Å². The number of benzene rings is 1. The van der Waals surface area contributed by atoms with Crippen molar-refractivity contribution in [3.8, 4) is 5.75 Å². The zero-order valence-electron chi connectivity index (χ0n) is 8.93. The van der Waals surface area contributed by atoms with Gasteiger partial charge in [0.1, 0.15) is 5.75 Å². The van der Waals surface area contributed by atoms with Crippen molar-refractivity contribution in [2.75, 3.05) is 12.8 Å². The lowest BCUT2D eigenvalue weighted by Gasteiger charge is -2.12. The largest absolute Gasteiger partial charge is 0.496 e. The van der Waals surface area contributed by atoms with Crippen molar-refractivity contribution < 1.29 is 4.74 Å². The van der Waals surface area contributed by atoms with Crippen molar-refractivity contribution in [2.24, 2.45) is 11.5 Å². The van der Waals surface area contributed by atoms with Gasteiger partial charge >= 0.3 is 0 Å². The highest BCUT2D eigenvalue weighted by Crippen LogP contribution is 2.26. The van der Waals surface area contributed by atoms with Gasteiger partial charge in [0.05, 0.1) is 7.11 Å². The van der Waals surface area contributed by atoms with E-state index in [9.17, 15) is 0 Å². The number of methoxy groups -OCH3 is 1. The standard InChI is InChI=1S/C9H15N3O.3ClH/c1-13-9-6(4-10)2-8(12)3-7(9)5-11;;;/h2-3H,4-5,10-12H2,1H3;3*1H. The van der Waals surface area contributed by atoms with Gasteiger partial charge in [-0.15, -0.1) is 37.2 Å².